The number of fused-ring (bicyclic) bond motifs is 1. The summed E-state index contributed by atoms with van der Waals surface area (Å²) in [5, 5.41) is 13.2. The molecule has 0 aliphatic heterocycles. The second-order valence-electron chi connectivity index (χ2n) is 6.60. The van der Waals surface area contributed by atoms with Gasteiger partial charge in [-0.3, -0.25) is 9.08 Å². The first kappa shape index (κ1) is 18.3. The van der Waals surface area contributed by atoms with Crippen LogP contribution in [-0.4, -0.2) is 34.3 Å². The predicted molar refractivity (Wildman–Crippen MR) is 112 cm³/mol. The van der Waals surface area contributed by atoms with Gasteiger partial charge in [-0.1, -0.05) is 54.1 Å². The molecular weight excluding hydrogens is 402 g/mol. The molecule has 0 saturated carbocycles. The lowest BCUT2D eigenvalue weighted by molar-refractivity contribution is 0.281. The summed E-state index contributed by atoms with van der Waals surface area (Å²) in [6.07, 6.45) is 3.11. The summed E-state index contributed by atoms with van der Waals surface area (Å²) < 4.78 is 9.61. The minimum Gasteiger partial charge on any atom is -0.468 e. The van der Waals surface area contributed by atoms with Crippen molar-refractivity contribution in [2.45, 2.75) is 6.61 Å². The van der Waals surface area contributed by atoms with Crippen molar-refractivity contribution in [3.05, 3.63) is 78.1 Å². The van der Waals surface area contributed by atoms with Crippen LogP contribution in [0.25, 0.3) is 28.2 Å². The van der Waals surface area contributed by atoms with E-state index >= 15 is 0 Å². The Labute approximate surface area is 176 Å². The highest BCUT2D eigenvalue weighted by Crippen LogP contribution is 2.34. The number of aromatic nitrogens is 7. The molecule has 0 amide bonds. The third-order valence-electron chi connectivity index (χ3n) is 4.70. The van der Waals surface area contributed by atoms with Crippen LogP contribution in [0.15, 0.2) is 67.3 Å². The first-order valence-corrected chi connectivity index (χ1v) is 9.59. The Kier molecular flexibility index (Phi) is 4.61. The van der Waals surface area contributed by atoms with E-state index in [9.17, 15) is 0 Å². The van der Waals surface area contributed by atoms with Crippen LogP contribution in [0, 0.1) is 0 Å². The fraction of sp³-hybridized carbons (Fsp3) is 0.0952. The molecule has 0 radical (unpaired) electrons. The monoisotopic (exact) mass is 417 g/mol. The van der Waals surface area contributed by atoms with Crippen molar-refractivity contribution in [2.75, 3.05) is 0 Å². The quantitative estimate of drug-likeness (QED) is 0.432. The van der Waals surface area contributed by atoms with Crippen molar-refractivity contribution in [3.8, 4) is 28.4 Å². The molecule has 0 fully saturated rings. The third kappa shape index (κ3) is 3.27. The van der Waals surface area contributed by atoms with E-state index < -0.39 is 0 Å². The lowest BCUT2D eigenvalue weighted by atomic mass is 10.1. The molecule has 5 aromatic rings. The van der Waals surface area contributed by atoms with Crippen LogP contribution in [0.4, 0.5) is 0 Å². The number of halogens is 1. The van der Waals surface area contributed by atoms with Gasteiger partial charge in [0.15, 0.2) is 11.5 Å². The van der Waals surface area contributed by atoms with Crippen molar-refractivity contribution in [1.82, 2.24) is 34.3 Å². The average molecular weight is 418 g/mol. The molecule has 0 atom stereocenters. The number of hydrogen-bond acceptors (Lipinski definition) is 6. The lowest BCUT2D eigenvalue weighted by Crippen LogP contribution is -2.05. The molecule has 5 rings (SSSR count). The fourth-order valence-electron chi connectivity index (χ4n) is 3.24. The van der Waals surface area contributed by atoms with Crippen LogP contribution < -0.4 is 4.74 Å². The van der Waals surface area contributed by atoms with Gasteiger partial charge in [-0.05, 0) is 12.1 Å². The Morgan fingerprint density at radius 3 is 2.63 bits per heavy atom. The Morgan fingerprint density at radius 1 is 1.03 bits per heavy atom. The number of ether oxygens (including phenoxy) is 1. The van der Waals surface area contributed by atoms with Crippen molar-refractivity contribution >= 4 is 17.2 Å². The Bertz CT molecular complexity index is 1330. The zero-order valence-electron chi connectivity index (χ0n) is 16.0. The molecule has 8 nitrogen and oxygen atoms in total. The molecule has 0 aliphatic carbocycles. The minimum absolute atomic E-state index is 0.218. The summed E-state index contributed by atoms with van der Waals surface area (Å²) in [6, 6.07) is 17.3. The average Bonchev–Trinajstić information content (AvgIpc) is 3.35. The van der Waals surface area contributed by atoms with E-state index in [1.807, 2.05) is 66.0 Å². The first-order chi connectivity index (χ1) is 14.7. The normalized spacial score (nSPS) is 11.1. The molecule has 2 aromatic carbocycles. The van der Waals surface area contributed by atoms with E-state index in [4.69, 9.17) is 21.3 Å². The smallest absolute Gasteiger partial charge is 0.241 e. The van der Waals surface area contributed by atoms with Crippen molar-refractivity contribution in [2.24, 2.45) is 7.05 Å². The van der Waals surface area contributed by atoms with Gasteiger partial charge in [0.2, 0.25) is 5.88 Å². The van der Waals surface area contributed by atoms with Gasteiger partial charge in [0.05, 0.1) is 0 Å². The second-order valence-corrected chi connectivity index (χ2v) is 7.04. The Balaban J connectivity index is 1.69. The van der Waals surface area contributed by atoms with Crippen molar-refractivity contribution < 1.29 is 4.74 Å². The lowest BCUT2D eigenvalue weighted by Gasteiger charge is -2.07. The summed E-state index contributed by atoms with van der Waals surface area (Å²) in [5.41, 5.74) is 3.81. The van der Waals surface area contributed by atoms with Gasteiger partial charge >= 0.3 is 0 Å². The summed E-state index contributed by atoms with van der Waals surface area (Å²) in [4.78, 5) is 8.97. The second kappa shape index (κ2) is 7.57. The molecule has 9 heteroatoms. The molecular formula is C21H16ClN7O. The maximum absolute atomic E-state index is 6.25. The van der Waals surface area contributed by atoms with E-state index in [1.54, 1.807) is 11.0 Å². The fourth-order valence-corrected chi connectivity index (χ4v) is 3.43. The minimum atomic E-state index is 0.218. The molecule has 0 N–H and O–H groups in total. The van der Waals surface area contributed by atoms with Crippen molar-refractivity contribution in [1.29, 1.82) is 0 Å². The van der Waals surface area contributed by atoms with Gasteiger partial charge < -0.3 is 4.74 Å². The largest absolute Gasteiger partial charge is 0.468 e. The van der Waals surface area contributed by atoms with E-state index in [0.29, 0.717) is 28.1 Å². The molecule has 30 heavy (non-hydrogen) atoms. The van der Waals surface area contributed by atoms with Crippen LogP contribution in [-0.2, 0) is 13.7 Å². The van der Waals surface area contributed by atoms with Crippen LogP contribution in [0.1, 0.15) is 5.82 Å². The third-order valence-corrected chi connectivity index (χ3v) is 4.94. The number of hydrogen-bond donors (Lipinski definition) is 0. The Morgan fingerprint density at radius 2 is 1.87 bits per heavy atom. The summed E-state index contributed by atoms with van der Waals surface area (Å²) >= 11 is 6.25. The molecule has 3 aromatic heterocycles. The van der Waals surface area contributed by atoms with E-state index in [1.165, 1.54) is 6.33 Å². The topological polar surface area (TPSA) is 83.0 Å². The standard InChI is InChI=1S/C21H16ClN7O/c1-28-17(23-12-25-28)11-30-21-19(15-8-5-9-16(22)10-15)29-13-24-27-18(20(29)26-21)14-6-3-2-4-7-14/h2-10,12-13H,11H2,1H3. The van der Waals surface area contributed by atoms with Gasteiger partial charge in [0.25, 0.3) is 0 Å². The number of imidazole rings is 1. The van der Waals surface area contributed by atoms with Gasteiger partial charge in [-0.25, -0.2) is 4.98 Å². The molecule has 148 valence electrons. The van der Waals surface area contributed by atoms with E-state index in [2.05, 4.69) is 20.3 Å². The number of nitrogens with zero attached hydrogens (tertiary/aromatic N) is 7. The first-order valence-electron chi connectivity index (χ1n) is 9.21. The molecule has 0 aliphatic rings. The summed E-state index contributed by atoms with van der Waals surface area (Å²) in [7, 11) is 1.81. The van der Waals surface area contributed by atoms with Gasteiger partial charge in [-0.15, -0.1) is 10.2 Å². The SMILES string of the molecule is Cn1ncnc1COc1nc2c(-c3ccccc3)nncn2c1-c1cccc(Cl)c1. The van der Waals surface area contributed by atoms with Gasteiger partial charge in [-0.2, -0.15) is 10.1 Å². The maximum Gasteiger partial charge on any atom is 0.241 e. The summed E-state index contributed by atoms with van der Waals surface area (Å²) in [6.45, 7) is 0.218. The van der Waals surface area contributed by atoms with E-state index in [0.717, 1.165) is 16.8 Å². The molecule has 0 spiro atoms. The van der Waals surface area contributed by atoms with Gasteiger partial charge in [0.1, 0.15) is 30.6 Å². The molecule has 0 saturated heterocycles. The molecule has 0 bridgehead atoms. The van der Waals surface area contributed by atoms with Crippen LogP contribution in [0.2, 0.25) is 5.02 Å². The molecule has 0 unspecified atom stereocenters. The zero-order valence-corrected chi connectivity index (χ0v) is 16.7. The maximum atomic E-state index is 6.25. The van der Waals surface area contributed by atoms with Crippen LogP contribution >= 0.6 is 11.6 Å². The number of aryl methyl sites for hydroxylation is 1. The Hall–Kier alpha value is -3.78. The predicted octanol–water partition coefficient (Wildman–Crippen LogP) is 3.82. The van der Waals surface area contributed by atoms with Crippen LogP contribution in [0.3, 0.4) is 0 Å². The van der Waals surface area contributed by atoms with E-state index in [-0.39, 0.29) is 6.61 Å². The summed E-state index contributed by atoms with van der Waals surface area (Å²) in [5.74, 6) is 1.12. The van der Waals surface area contributed by atoms with Crippen molar-refractivity contribution in [3.63, 3.8) is 0 Å². The van der Waals surface area contributed by atoms with Crippen LogP contribution in [0.5, 0.6) is 5.88 Å². The van der Waals surface area contributed by atoms with Gasteiger partial charge in [0, 0.05) is 23.2 Å². The molecule has 3 heterocycles. The number of benzene rings is 2. The highest BCUT2D eigenvalue weighted by molar-refractivity contribution is 6.30. The highest BCUT2D eigenvalue weighted by atomic mass is 35.5. The highest BCUT2D eigenvalue weighted by Gasteiger charge is 2.20. The number of rotatable bonds is 5. The zero-order chi connectivity index (χ0) is 20.5.